The molecule has 9 heteroatoms. The lowest BCUT2D eigenvalue weighted by Crippen LogP contribution is -2.49. The van der Waals surface area contributed by atoms with Gasteiger partial charge in [-0.2, -0.15) is 0 Å². The third kappa shape index (κ3) is 5.14. The number of aryl methyl sites for hydroxylation is 2. The molecule has 0 radical (unpaired) electrons. The van der Waals surface area contributed by atoms with E-state index >= 15 is 0 Å². The smallest absolute Gasteiger partial charge is 0.270 e. The molecule has 0 N–H and O–H groups in total. The van der Waals surface area contributed by atoms with Gasteiger partial charge in [-0.1, -0.05) is 24.3 Å². The number of hydrogen-bond acceptors (Lipinski definition) is 5. The van der Waals surface area contributed by atoms with Crippen LogP contribution in [-0.2, 0) is 13.1 Å². The molecule has 0 unspecified atom stereocenters. The van der Waals surface area contributed by atoms with Gasteiger partial charge in [-0.15, -0.1) is 0 Å². The predicted octanol–water partition coefficient (Wildman–Crippen LogP) is 5.47. The Balaban J connectivity index is 1.16. The van der Waals surface area contributed by atoms with Crippen LogP contribution in [0.3, 0.4) is 0 Å². The van der Waals surface area contributed by atoms with Crippen molar-refractivity contribution in [3.8, 4) is 11.4 Å². The summed E-state index contributed by atoms with van der Waals surface area (Å²) >= 11 is 0. The van der Waals surface area contributed by atoms with Crippen molar-refractivity contribution in [3.63, 3.8) is 0 Å². The van der Waals surface area contributed by atoms with E-state index in [1.54, 1.807) is 13.3 Å². The molecule has 3 aromatic heterocycles. The maximum absolute atomic E-state index is 14.2. The van der Waals surface area contributed by atoms with Crippen LogP contribution < -0.4 is 14.5 Å². The van der Waals surface area contributed by atoms with E-state index in [1.807, 2.05) is 82.6 Å². The molecule has 2 aromatic carbocycles. The summed E-state index contributed by atoms with van der Waals surface area (Å²) in [5.41, 5.74) is 6.99. The molecule has 0 saturated carbocycles. The van der Waals surface area contributed by atoms with E-state index < -0.39 is 0 Å². The number of amides is 2. The first-order valence-electron chi connectivity index (χ1n) is 15.3. The molecule has 45 heavy (non-hydrogen) atoms. The number of ether oxygens (including phenoxy) is 1. The molecule has 2 aliphatic heterocycles. The lowest BCUT2D eigenvalue weighted by Gasteiger charge is -2.35. The Morgan fingerprint density at radius 2 is 1.51 bits per heavy atom. The van der Waals surface area contributed by atoms with Crippen molar-refractivity contribution in [2.75, 3.05) is 43.1 Å². The molecule has 2 aliphatic rings. The zero-order chi connectivity index (χ0) is 31.1. The maximum Gasteiger partial charge on any atom is 0.270 e. The molecule has 5 aromatic rings. The van der Waals surface area contributed by atoms with Crippen LogP contribution in [0.1, 0.15) is 43.5 Å². The van der Waals surface area contributed by atoms with Gasteiger partial charge in [0.15, 0.2) is 0 Å². The van der Waals surface area contributed by atoms with E-state index in [2.05, 4.69) is 45.0 Å². The first-order valence-corrected chi connectivity index (χ1v) is 15.3. The first-order chi connectivity index (χ1) is 21.9. The summed E-state index contributed by atoms with van der Waals surface area (Å²) in [6.07, 6.45) is 1.80. The highest BCUT2D eigenvalue weighted by atomic mass is 16.5. The third-order valence-corrected chi connectivity index (χ3v) is 8.95. The molecule has 1 saturated heterocycles. The SMILES string of the molecule is COc1cc(C(=O)N2Cc3ccc(C(=O)N4CCN(c5ccccn5)CC4)n3Cc3ccccc32)ccc1-n1c(C)ccc1C. The third-order valence-electron chi connectivity index (χ3n) is 8.95. The number of piperazine rings is 1. The number of para-hydroxylation sites is 1. The van der Waals surface area contributed by atoms with Gasteiger partial charge in [0.1, 0.15) is 17.3 Å². The highest BCUT2D eigenvalue weighted by Crippen LogP contribution is 2.33. The van der Waals surface area contributed by atoms with Crippen molar-refractivity contribution >= 4 is 23.3 Å². The number of hydrogen-bond donors (Lipinski definition) is 0. The largest absolute Gasteiger partial charge is 0.495 e. The average Bonchev–Trinajstić information content (AvgIpc) is 3.59. The molecule has 0 atom stereocenters. The van der Waals surface area contributed by atoms with Crippen LogP contribution in [0.15, 0.2) is 91.1 Å². The molecule has 2 amide bonds. The molecular formula is C36H36N6O3. The van der Waals surface area contributed by atoms with Gasteiger partial charge >= 0.3 is 0 Å². The number of aromatic nitrogens is 3. The number of rotatable bonds is 5. The molecule has 1 fully saturated rings. The van der Waals surface area contributed by atoms with Crippen LogP contribution >= 0.6 is 0 Å². The fourth-order valence-electron chi connectivity index (χ4n) is 6.57. The van der Waals surface area contributed by atoms with Crippen molar-refractivity contribution in [1.82, 2.24) is 19.0 Å². The second-order valence-electron chi connectivity index (χ2n) is 11.6. The first kappa shape index (κ1) is 28.5. The van der Waals surface area contributed by atoms with E-state index in [1.165, 1.54) is 0 Å². The summed E-state index contributed by atoms with van der Waals surface area (Å²) in [6, 6.07) is 27.5. The van der Waals surface area contributed by atoms with Gasteiger partial charge < -0.3 is 28.6 Å². The summed E-state index contributed by atoms with van der Waals surface area (Å²) in [5.74, 6) is 1.45. The molecule has 0 spiro atoms. The summed E-state index contributed by atoms with van der Waals surface area (Å²) in [7, 11) is 1.63. The normalized spacial score (nSPS) is 14.5. The van der Waals surface area contributed by atoms with Crippen LogP contribution in [0.4, 0.5) is 11.5 Å². The highest BCUT2D eigenvalue weighted by molar-refractivity contribution is 6.07. The fraction of sp³-hybridized carbons (Fsp3) is 0.250. The van der Waals surface area contributed by atoms with E-state index in [0.29, 0.717) is 43.2 Å². The number of benzene rings is 2. The standard InChI is InChI=1S/C36H36N6O3/c1-25-11-12-26(2)42(25)31-15-13-27(22-33(31)45-3)35(43)41-24-29-14-16-32(40(29)23-28-8-4-5-9-30(28)41)36(44)39-20-18-38(19-21-39)34-10-6-7-17-37-34/h4-17,22H,18-21,23-24H2,1-3H3. The zero-order valence-electron chi connectivity index (χ0n) is 25.8. The minimum Gasteiger partial charge on any atom is -0.495 e. The molecule has 228 valence electrons. The molecule has 5 heterocycles. The minimum absolute atomic E-state index is 0.00935. The Hall–Kier alpha value is -5.31. The Bertz CT molecular complexity index is 1860. The number of fused-ring (bicyclic) bond motifs is 2. The second kappa shape index (κ2) is 11.6. The van der Waals surface area contributed by atoms with Crippen LogP contribution in [0.25, 0.3) is 5.69 Å². The quantitative estimate of drug-likeness (QED) is 0.268. The maximum atomic E-state index is 14.2. The molecular weight excluding hydrogens is 564 g/mol. The van der Waals surface area contributed by atoms with E-state index in [4.69, 9.17) is 4.74 Å². The van der Waals surface area contributed by atoms with Gasteiger partial charge in [-0.25, -0.2) is 4.98 Å². The van der Waals surface area contributed by atoms with E-state index in [0.717, 1.165) is 52.9 Å². The summed E-state index contributed by atoms with van der Waals surface area (Å²) in [6.45, 7) is 7.66. The number of carbonyl (C=O) groups is 2. The van der Waals surface area contributed by atoms with Gasteiger partial charge in [0.25, 0.3) is 11.8 Å². The molecule has 9 nitrogen and oxygen atoms in total. The van der Waals surface area contributed by atoms with Gasteiger partial charge in [0.2, 0.25) is 0 Å². The monoisotopic (exact) mass is 600 g/mol. The topological polar surface area (TPSA) is 75.8 Å². The minimum atomic E-state index is -0.124. The molecule has 0 bridgehead atoms. The zero-order valence-corrected chi connectivity index (χ0v) is 25.8. The predicted molar refractivity (Wildman–Crippen MR) is 175 cm³/mol. The summed E-state index contributed by atoms with van der Waals surface area (Å²) in [5, 5.41) is 0. The van der Waals surface area contributed by atoms with Crippen LogP contribution in [0.5, 0.6) is 5.75 Å². The lowest BCUT2D eigenvalue weighted by atomic mass is 10.1. The van der Waals surface area contributed by atoms with Crippen LogP contribution in [0, 0.1) is 13.8 Å². The summed E-state index contributed by atoms with van der Waals surface area (Å²) < 4.78 is 9.98. The van der Waals surface area contributed by atoms with Crippen molar-refractivity contribution in [2.45, 2.75) is 26.9 Å². The van der Waals surface area contributed by atoms with E-state index in [-0.39, 0.29) is 11.8 Å². The fourth-order valence-corrected chi connectivity index (χ4v) is 6.57. The van der Waals surface area contributed by atoms with Crippen LogP contribution in [0.2, 0.25) is 0 Å². The van der Waals surface area contributed by atoms with Crippen LogP contribution in [-0.4, -0.2) is 64.1 Å². The van der Waals surface area contributed by atoms with Gasteiger partial charge in [-0.3, -0.25) is 9.59 Å². The number of nitrogens with zero attached hydrogens (tertiary/aromatic N) is 6. The average molecular weight is 601 g/mol. The molecule has 0 aliphatic carbocycles. The highest BCUT2D eigenvalue weighted by Gasteiger charge is 2.30. The van der Waals surface area contributed by atoms with Crippen molar-refractivity contribution in [3.05, 3.63) is 125 Å². The Labute approximate surface area is 262 Å². The number of anilines is 2. The Morgan fingerprint density at radius 1 is 0.756 bits per heavy atom. The molecule has 7 rings (SSSR count). The summed E-state index contributed by atoms with van der Waals surface area (Å²) in [4.78, 5) is 38.5. The number of methoxy groups -OCH3 is 1. The number of carbonyl (C=O) groups excluding carboxylic acids is 2. The Kier molecular flexibility index (Phi) is 7.37. The van der Waals surface area contributed by atoms with Crippen molar-refractivity contribution in [1.29, 1.82) is 0 Å². The van der Waals surface area contributed by atoms with Gasteiger partial charge in [0, 0.05) is 60.7 Å². The lowest BCUT2D eigenvalue weighted by molar-refractivity contribution is 0.0735. The Morgan fingerprint density at radius 3 is 2.24 bits per heavy atom. The van der Waals surface area contributed by atoms with Crippen molar-refractivity contribution in [2.24, 2.45) is 0 Å². The number of pyridine rings is 1. The second-order valence-corrected chi connectivity index (χ2v) is 11.6. The van der Waals surface area contributed by atoms with E-state index in [9.17, 15) is 9.59 Å². The van der Waals surface area contributed by atoms with Gasteiger partial charge in [0.05, 0.1) is 25.9 Å². The van der Waals surface area contributed by atoms with Crippen molar-refractivity contribution < 1.29 is 14.3 Å². The van der Waals surface area contributed by atoms with Gasteiger partial charge in [-0.05, 0) is 80.1 Å².